The molecule has 0 amide bonds. The zero-order valence-electron chi connectivity index (χ0n) is 18.6. The zero-order chi connectivity index (χ0) is 23.0. The average Bonchev–Trinajstić information content (AvgIpc) is 3.18. The Morgan fingerprint density at radius 3 is 2.44 bits per heavy atom. The van der Waals surface area contributed by atoms with Crippen LogP contribution in [0.15, 0.2) is 59.6 Å². The van der Waals surface area contributed by atoms with Gasteiger partial charge < -0.3 is 10.0 Å². The van der Waals surface area contributed by atoms with Crippen LogP contribution in [-0.2, 0) is 0 Å². The molecule has 0 saturated carbocycles. The van der Waals surface area contributed by atoms with Crippen LogP contribution in [0, 0.1) is 0 Å². The molecule has 162 valence electrons. The number of aromatic nitrogens is 3. The van der Waals surface area contributed by atoms with E-state index >= 15 is 0 Å². The first-order valence-corrected chi connectivity index (χ1v) is 10.3. The minimum Gasteiger partial charge on any atom is -0.477 e. The molecule has 7 nitrogen and oxygen atoms in total. The van der Waals surface area contributed by atoms with Crippen LogP contribution in [-0.4, -0.2) is 46.7 Å². The molecule has 0 fully saturated rings. The van der Waals surface area contributed by atoms with Crippen molar-refractivity contribution in [2.75, 3.05) is 19.0 Å². The monoisotopic (exact) mass is 427 g/mol. The van der Waals surface area contributed by atoms with Crippen molar-refractivity contribution in [3.63, 3.8) is 0 Å². The van der Waals surface area contributed by atoms with E-state index in [1.807, 2.05) is 67.5 Å². The second-order valence-electron chi connectivity index (χ2n) is 8.13. The van der Waals surface area contributed by atoms with Gasteiger partial charge in [-0.25, -0.2) is 14.5 Å². The summed E-state index contributed by atoms with van der Waals surface area (Å²) in [5, 5.41) is 15.5. The van der Waals surface area contributed by atoms with Gasteiger partial charge in [0.1, 0.15) is 0 Å². The molecule has 0 aliphatic heterocycles. The van der Waals surface area contributed by atoms with Crippen molar-refractivity contribution in [1.82, 2.24) is 14.8 Å². The molecule has 0 bridgehead atoms. The van der Waals surface area contributed by atoms with Gasteiger partial charge in [-0.3, -0.25) is 4.99 Å². The lowest BCUT2D eigenvalue weighted by Gasteiger charge is -2.14. The van der Waals surface area contributed by atoms with Gasteiger partial charge in [0.2, 0.25) is 0 Å². The van der Waals surface area contributed by atoms with Crippen molar-refractivity contribution in [1.29, 1.82) is 0 Å². The molecule has 2 aromatic heterocycles. The molecule has 4 aromatic rings. The molecule has 7 heteroatoms. The summed E-state index contributed by atoms with van der Waals surface area (Å²) >= 11 is 0. The largest absolute Gasteiger partial charge is 0.477 e. The second kappa shape index (κ2) is 8.26. The number of rotatable bonds is 6. The smallest absolute Gasteiger partial charge is 0.354 e. The van der Waals surface area contributed by atoms with Crippen molar-refractivity contribution < 1.29 is 9.90 Å². The molecule has 0 spiro atoms. The highest BCUT2D eigenvalue weighted by Gasteiger charge is 2.23. The first kappa shape index (κ1) is 21.2. The summed E-state index contributed by atoms with van der Waals surface area (Å²) in [6.45, 7) is 7.70. The first-order valence-electron chi connectivity index (χ1n) is 10.3. The van der Waals surface area contributed by atoms with Crippen LogP contribution >= 0.6 is 0 Å². The van der Waals surface area contributed by atoms with Gasteiger partial charge in [-0.2, -0.15) is 5.10 Å². The van der Waals surface area contributed by atoms with Gasteiger partial charge in [-0.15, -0.1) is 0 Å². The van der Waals surface area contributed by atoms with Gasteiger partial charge in [0.25, 0.3) is 0 Å². The number of hydrogen-bond donors (Lipinski definition) is 1. The van der Waals surface area contributed by atoms with E-state index in [4.69, 9.17) is 5.10 Å². The SMILES string of the molecule is C=Nc1ccc(-c2cc(C(=O)O)nc3c2c(C(C)C)nn3-c2cccc(N(C)C)c2)cc1. The summed E-state index contributed by atoms with van der Waals surface area (Å²) in [6, 6.07) is 17.1. The van der Waals surface area contributed by atoms with E-state index in [2.05, 4.69) is 30.5 Å². The second-order valence-corrected chi connectivity index (χ2v) is 8.13. The Kier molecular flexibility index (Phi) is 5.48. The van der Waals surface area contributed by atoms with E-state index in [1.54, 1.807) is 10.7 Å². The fourth-order valence-electron chi connectivity index (χ4n) is 3.71. The molecule has 0 unspecified atom stereocenters. The van der Waals surface area contributed by atoms with Crippen LogP contribution in [0.2, 0.25) is 0 Å². The maximum atomic E-state index is 11.9. The Balaban J connectivity index is 2.07. The number of aliphatic imine (C=N–C) groups is 1. The van der Waals surface area contributed by atoms with Crippen molar-refractivity contribution in [3.05, 3.63) is 66.0 Å². The third-order valence-electron chi connectivity index (χ3n) is 5.38. The summed E-state index contributed by atoms with van der Waals surface area (Å²) in [5.74, 6) is -0.973. The summed E-state index contributed by atoms with van der Waals surface area (Å²) in [6.07, 6.45) is 0. The maximum Gasteiger partial charge on any atom is 0.354 e. The van der Waals surface area contributed by atoms with E-state index in [0.29, 0.717) is 5.65 Å². The third-order valence-corrected chi connectivity index (χ3v) is 5.38. The number of pyridine rings is 1. The lowest BCUT2D eigenvalue weighted by Crippen LogP contribution is -2.09. The molecule has 2 aromatic carbocycles. The normalized spacial score (nSPS) is 11.2. The molecule has 0 radical (unpaired) electrons. The summed E-state index contributed by atoms with van der Waals surface area (Å²) in [7, 11) is 3.95. The van der Waals surface area contributed by atoms with Gasteiger partial charge >= 0.3 is 5.97 Å². The molecule has 32 heavy (non-hydrogen) atoms. The summed E-state index contributed by atoms with van der Waals surface area (Å²) < 4.78 is 1.74. The van der Waals surface area contributed by atoms with Crippen molar-refractivity contribution >= 4 is 35.1 Å². The van der Waals surface area contributed by atoms with Crippen molar-refractivity contribution in [2.45, 2.75) is 19.8 Å². The van der Waals surface area contributed by atoms with Crippen LogP contribution in [0.3, 0.4) is 0 Å². The Bertz CT molecular complexity index is 1320. The highest BCUT2D eigenvalue weighted by Crippen LogP contribution is 2.36. The molecule has 0 aliphatic carbocycles. The Morgan fingerprint density at radius 2 is 1.84 bits per heavy atom. The Morgan fingerprint density at radius 1 is 1.12 bits per heavy atom. The molecule has 0 aliphatic rings. The predicted molar refractivity (Wildman–Crippen MR) is 129 cm³/mol. The van der Waals surface area contributed by atoms with Gasteiger partial charge in [-0.05, 0) is 60.2 Å². The summed E-state index contributed by atoms with van der Waals surface area (Å²) in [5.41, 5.74) is 5.58. The van der Waals surface area contributed by atoms with Gasteiger partial charge in [-0.1, -0.05) is 32.0 Å². The molecule has 4 rings (SSSR count). The van der Waals surface area contributed by atoms with Crippen LogP contribution in [0.5, 0.6) is 0 Å². The van der Waals surface area contributed by atoms with Gasteiger partial charge in [0.05, 0.1) is 22.5 Å². The lowest BCUT2D eigenvalue weighted by atomic mass is 9.97. The standard InChI is InChI=1S/C25H25N5O2/c1-15(2)23-22-20(16-9-11-17(26-3)12-10-16)14-21(25(31)32)27-24(22)30(28-23)19-8-6-7-18(13-19)29(4)5/h6-15H,3H2,1-2,4-5H3,(H,31,32). The molecular weight excluding hydrogens is 402 g/mol. The fraction of sp³-hybridized carbons (Fsp3) is 0.200. The lowest BCUT2D eigenvalue weighted by molar-refractivity contribution is 0.0691. The first-order chi connectivity index (χ1) is 15.3. The third kappa shape index (κ3) is 3.73. The van der Waals surface area contributed by atoms with E-state index < -0.39 is 5.97 Å². The minimum atomic E-state index is -1.08. The van der Waals surface area contributed by atoms with Crippen LogP contribution in [0.4, 0.5) is 11.4 Å². The minimum absolute atomic E-state index is 0.0290. The number of carbonyl (C=O) groups is 1. The number of fused-ring (bicyclic) bond motifs is 1. The van der Waals surface area contributed by atoms with Crippen LogP contribution in [0.25, 0.3) is 27.8 Å². The van der Waals surface area contributed by atoms with Crippen molar-refractivity contribution in [2.24, 2.45) is 4.99 Å². The van der Waals surface area contributed by atoms with Gasteiger partial charge in [0, 0.05) is 19.8 Å². The van der Waals surface area contributed by atoms with Crippen molar-refractivity contribution in [3.8, 4) is 16.8 Å². The number of aromatic carboxylic acids is 1. The quantitative estimate of drug-likeness (QED) is 0.422. The highest BCUT2D eigenvalue weighted by molar-refractivity contribution is 6.00. The maximum absolute atomic E-state index is 11.9. The molecular formula is C25H25N5O2. The Labute approximate surface area is 186 Å². The average molecular weight is 428 g/mol. The predicted octanol–water partition coefficient (Wildman–Crippen LogP) is 5.31. The van der Waals surface area contributed by atoms with E-state index in [0.717, 1.165) is 39.3 Å². The molecule has 1 N–H and O–H groups in total. The molecule has 0 saturated heterocycles. The summed E-state index contributed by atoms with van der Waals surface area (Å²) in [4.78, 5) is 22.4. The molecule has 2 heterocycles. The highest BCUT2D eigenvalue weighted by atomic mass is 16.4. The molecule has 0 atom stereocenters. The fourth-order valence-corrected chi connectivity index (χ4v) is 3.71. The topological polar surface area (TPSA) is 83.6 Å². The Hall–Kier alpha value is -4.00. The van der Waals surface area contributed by atoms with Crippen LogP contribution < -0.4 is 4.90 Å². The van der Waals surface area contributed by atoms with E-state index in [1.165, 1.54) is 0 Å². The van der Waals surface area contributed by atoms with Crippen LogP contribution in [0.1, 0.15) is 35.9 Å². The van der Waals surface area contributed by atoms with E-state index in [-0.39, 0.29) is 11.6 Å². The number of hydrogen-bond acceptors (Lipinski definition) is 5. The number of nitrogens with zero attached hydrogens (tertiary/aromatic N) is 5. The zero-order valence-corrected chi connectivity index (χ0v) is 18.6. The van der Waals surface area contributed by atoms with Gasteiger partial charge in [0.15, 0.2) is 11.3 Å². The number of anilines is 1. The number of carboxylic acid groups (broad SMARTS) is 1. The van der Waals surface area contributed by atoms with E-state index in [9.17, 15) is 9.90 Å². The number of carboxylic acids is 1. The number of benzene rings is 2.